The first-order chi connectivity index (χ1) is 8.86. The van der Waals surface area contributed by atoms with Crippen molar-refractivity contribution in [2.45, 2.75) is 63.0 Å². The van der Waals surface area contributed by atoms with Crippen LogP contribution in [0.1, 0.15) is 51.4 Å². The van der Waals surface area contributed by atoms with Crippen LogP contribution >= 0.6 is 0 Å². The molecule has 1 spiro atoms. The van der Waals surface area contributed by atoms with E-state index < -0.39 is 0 Å². The maximum Gasteiger partial charge on any atom is 0.0588 e. The largest absolute Gasteiger partial charge is 0.378 e. The van der Waals surface area contributed by atoms with Gasteiger partial charge in [-0.25, -0.2) is 0 Å². The smallest absolute Gasteiger partial charge is 0.0588 e. The standard InChI is InChI=1S/C15H28N2O/c1-2-8-15(7-1)13-17(10-4-9-16-15)11-6-14-5-3-12-18-14/h14,16H,1-13H2. The molecule has 0 bridgehead atoms. The maximum absolute atomic E-state index is 5.75. The van der Waals surface area contributed by atoms with E-state index >= 15 is 0 Å². The normalized spacial score (nSPS) is 33.0. The van der Waals surface area contributed by atoms with Gasteiger partial charge in [-0.05, 0) is 51.6 Å². The molecule has 0 amide bonds. The van der Waals surface area contributed by atoms with Gasteiger partial charge in [0.2, 0.25) is 0 Å². The summed E-state index contributed by atoms with van der Waals surface area (Å²) in [6, 6.07) is 0. The molecule has 0 aromatic heterocycles. The maximum atomic E-state index is 5.75. The fourth-order valence-electron chi connectivity index (χ4n) is 4.00. The molecule has 3 nitrogen and oxygen atoms in total. The number of ether oxygens (including phenoxy) is 1. The molecule has 1 N–H and O–H groups in total. The minimum Gasteiger partial charge on any atom is -0.378 e. The molecule has 2 aliphatic heterocycles. The van der Waals surface area contributed by atoms with Gasteiger partial charge in [0.05, 0.1) is 6.10 Å². The van der Waals surface area contributed by atoms with Crippen molar-refractivity contribution in [3.63, 3.8) is 0 Å². The molecule has 0 aromatic carbocycles. The topological polar surface area (TPSA) is 24.5 Å². The second-order valence-electron chi connectivity index (χ2n) is 6.47. The van der Waals surface area contributed by atoms with Gasteiger partial charge in [0.25, 0.3) is 0 Å². The molecule has 3 rings (SSSR count). The minimum absolute atomic E-state index is 0.465. The Morgan fingerprint density at radius 3 is 2.83 bits per heavy atom. The monoisotopic (exact) mass is 252 g/mol. The molecule has 3 heteroatoms. The van der Waals surface area contributed by atoms with E-state index in [2.05, 4.69) is 10.2 Å². The Hall–Kier alpha value is -0.120. The summed E-state index contributed by atoms with van der Waals surface area (Å²) in [5.41, 5.74) is 0.465. The summed E-state index contributed by atoms with van der Waals surface area (Å²) in [5.74, 6) is 0. The Bertz CT molecular complexity index is 257. The van der Waals surface area contributed by atoms with E-state index in [4.69, 9.17) is 4.74 Å². The summed E-state index contributed by atoms with van der Waals surface area (Å²) in [7, 11) is 0. The van der Waals surface area contributed by atoms with Gasteiger partial charge in [-0.3, -0.25) is 0 Å². The number of nitrogens with one attached hydrogen (secondary N) is 1. The van der Waals surface area contributed by atoms with Crippen LogP contribution in [0.2, 0.25) is 0 Å². The second-order valence-corrected chi connectivity index (χ2v) is 6.47. The third-order valence-corrected chi connectivity index (χ3v) is 5.03. The first-order valence-electron chi connectivity index (χ1n) is 7.95. The van der Waals surface area contributed by atoms with Crippen LogP contribution in [0.3, 0.4) is 0 Å². The SMILES string of the molecule is C1COC(CCN2CCCNC3(CCCC3)C2)C1. The van der Waals surface area contributed by atoms with E-state index in [1.165, 1.54) is 77.5 Å². The predicted octanol–water partition coefficient (Wildman–Crippen LogP) is 2.16. The van der Waals surface area contributed by atoms with Gasteiger partial charge < -0.3 is 15.0 Å². The third-order valence-electron chi connectivity index (χ3n) is 5.03. The number of rotatable bonds is 3. The van der Waals surface area contributed by atoms with Crippen molar-refractivity contribution >= 4 is 0 Å². The van der Waals surface area contributed by atoms with Gasteiger partial charge >= 0.3 is 0 Å². The highest BCUT2D eigenvalue weighted by atomic mass is 16.5. The minimum atomic E-state index is 0.465. The molecule has 1 saturated carbocycles. The van der Waals surface area contributed by atoms with Crippen molar-refractivity contribution in [1.29, 1.82) is 0 Å². The van der Waals surface area contributed by atoms with Crippen LogP contribution < -0.4 is 5.32 Å². The summed E-state index contributed by atoms with van der Waals surface area (Å²) in [5, 5.41) is 3.84. The van der Waals surface area contributed by atoms with E-state index in [1.807, 2.05) is 0 Å². The Kier molecular flexibility index (Phi) is 4.22. The summed E-state index contributed by atoms with van der Waals surface area (Å²) in [6.07, 6.45) is 11.3. The molecule has 2 heterocycles. The molecule has 0 radical (unpaired) electrons. The first kappa shape index (κ1) is 12.9. The van der Waals surface area contributed by atoms with Crippen molar-refractivity contribution < 1.29 is 4.74 Å². The lowest BCUT2D eigenvalue weighted by atomic mass is 9.97. The number of nitrogens with zero attached hydrogens (tertiary/aromatic N) is 1. The van der Waals surface area contributed by atoms with Crippen LogP contribution in [-0.2, 0) is 4.74 Å². The zero-order valence-corrected chi connectivity index (χ0v) is 11.6. The molecule has 1 aliphatic carbocycles. The first-order valence-corrected chi connectivity index (χ1v) is 7.95. The molecule has 1 atom stereocenters. The second kappa shape index (κ2) is 5.89. The van der Waals surface area contributed by atoms with E-state index in [-0.39, 0.29) is 0 Å². The zero-order chi connectivity index (χ0) is 12.3. The highest BCUT2D eigenvalue weighted by molar-refractivity contribution is 4.96. The Balaban J connectivity index is 1.50. The van der Waals surface area contributed by atoms with Gasteiger partial charge in [0, 0.05) is 25.2 Å². The third kappa shape index (κ3) is 3.06. The molecular weight excluding hydrogens is 224 g/mol. The number of hydrogen-bond donors (Lipinski definition) is 1. The summed E-state index contributed by atoms with van der Waals surface area (Å²) in [6.45, 7) is 6.02. The Morgan fingerprint density at radius 2 is 2.06 bits per heavy atom. The molecule has 104 valence electrons. The lowest BCUT2D eigenvalue weighted by Gasteiger charge is -2.33. The van der Waals surface area contributed by atoms with Gasteiger partial charge in [0.15, 0.2) is 0 Å². The molecule has 1 unspecified atom stereocenters. The van der Waals surface area contributed by atoms with Crippen LogP contribution in [0.4, 0.5) is 0 Å². The van der Waals surface area contributed by atoms with E-state index in [0.29, 0.717) is 11.6 Å². The molecule has 0 aromatic rings. The van der Waals surface area contributed by atoms with Crippen LogP contribution in [-0.4, -0.2) is 49.3 Å². The van der Waals surface area contributed by atoms with Gasteiger partial charge in [-0.15, -0.1) is 0 Å². The van der Waals surface area contributed by atoms with Gasteiger partial charge in [0.1, 0.15) is 0 Å². The van der Waals surface area contributed by atoms with Crippen molar-refractivity contribution in [2.75, 3.05) is 32.8 Å². The Labute approximate surface area is 111 Å². The van der Waals surface area contributed by atoms with Crippen molar-refractivity contribution in [3.05, 3.63) is 0 Å². The van der Waals surface area contributed by atoms with Crippen molar-refractivity contribution in [1.82, 2.24) is 10.2 Å². The summed E-state index contributed by atoms with van der Waals surface area (Å²) >= 11 is 0. The summed E-state index contributed by atoms with van der Waals surface area (Å²) in [4.78, 5) is 2.70. The molecule has 2 saturated heterocycles. The van der Waals surface area contributed by atoms with Gasteiger partial charge in [-0.1, -0.05) is 12.8 Å². The fourth-order valence-corrected chi connectivity index (χ4v) is 4.00. The molecular formula is C15H28N2O. The Morgan fingerprint density at radius 1 is 1.17 bits per heavy atom. The zero-order valence-electron chi connectivity index (χ0n) is 11.6. The highest BCUT2D eigenvalue weighted by Gasteiger charge is 2.36. The summed E-state index contributed by atoms with van der Waals surface area (Å²) < 4.78 is 5.75. The van der Waals surface area contributed by atoms with E-state index in [1.54, 1.807) is 0 Å². The predicted molar refractivity (Wildman–Crippen MR) is 73.8 cm³/mol. The van der Waals surface area contributed by atoms with Crippen LogP contribution in [0.5, 0.6) is 0 Å². The lowest BCUT2D eigenvalue weighted by Crippen LogP contribution is -2.49. The van der Waals surface area contributed by atoms with Gasteiger partial charge in [-0.2, -0.15) is 0 Å². The highest BCUT2D eigenvalue weighted by Crippen LogP contribution is 2.31. The fraction of sp³-hybridized carbons (Fsp3) is 1.00. The van der Waals surface area contributed by atoms with Crippen LogP contribution in [0, 0.1) is 0 Å². The van der Waals surface area contributed by atoms with Crippen LogP contribution in [0.25, 0.3) is 0 Å². The lowest BCUT2D eigenvalue weighted by molar-refractivity contribution is 0.0887. The quantitative estimate of drug-likeness (QED) is 0.833. The molecule has 3 fully saturated rings. The van der Waals surface area contributed by atoms with Crippen LogP contribution in [0.15, 0.2) is 0 Å². The number of hydrogen-bond acceptors (Lipinski definition) is 3. The van der Waals surface area contributed by atoms with E-state index in [0.717, 1.165) is 6.61 Å². The average molecular weight is 252 g/mol. The molecule has 18 heavy (non-hydrogen) atoms. The van der Waals surface area contributed by atoms with Crippen molar-refractivity contribution in [3.8, 4) is 0 Å². The molecule has 3 aliphatic rings. The van der Waals surface area contributed by atoms with Crippen molar-refractivity contribution in [2.24, 2.45) is 0 Å². The average Bonchev–Trinajstić information content (AvgIpc) is 2.99. The van der Waals surface area contributed by atoms with E-state index in [9.17, 15) is 0 Å².